The molecule has 0 aliphatic rings. The van der Waals surface area contributed by atoms with E-state index < -0.39 is 0 Å². The van der Waals surface area contributed by atoms with Crippen molar-refractivity contribution >= 4 is 5.91 Å². The summed E-state index contributed by atoms with van der Waals surface area (Å²) < 4.78 is 0. The zero-order valence-electron chi connectivity index (χ0n) is 8.39. The molecule has 3 nitrogen and oxygen atoms in total. The normalized spacial score (nSPS) is 9.92. The molecule has 0 bridgehead atoms. The Labute approximate surface area is 75.1 Å². The molecule has 0 saturated heterocycles. The average Bonchev–Trinajstić information content (AvgIpc) is 2.05. The van der Waals surface area contributed by atoms with E-state index in [1.807, 2.05) is 14.0 Å². The molecule has 0 aromatic rings. The maximum absolute atomic E-state index is 11.3. The van der Waals surface area contributed by atoms with Gasteiger partial charge in [-0.05, 0) is 13.0 Å². The summed E-state index contributed by atoms with van der Waals surface area (Å²) >= 11 is 0. The Morgan fingerprint density at radius 3 is 2.58 bits per heavy atom. The first-order chi connectivity index (χ1) is 5.72. The molecule has 0 rings (SSSR count). The second-order valence-electron chi connectivity index (χ2n) is 2.92. The first kappa shape index (κ1) is 11.4. The van der Waals surface area contributed by atoms with Crippen LogP contribution < -0.4 is 5.32 Å². The minimum absolute atomic E-state index is 0.234. The Morgan fingerprint density at radius 2 is 2.08 bits per heavy atom. The van der Waals surface area contributed by atoms with Crippen LogP contribution in [-0.4, -0.2) is 37.5 Å². The fourth-order valence-electron chi connectivity index (χ4n) is 1.02. The summed E-state index contributed by atoms with van der Waals surface area (Å²) in [5, 5.41) is 3.13. The average molecular weight is 172 g/mol. The van der Waals surface area contributed by atoms with Crippen LogP contribution in [0.2, 0.25) is 0 Å². The Morgan fingerprint density at radius 1 is 1.42 bits per heavy atom. The second-order valence-corrected chi connectivity index (χ2v) is 2.92. The molecule has 1 amide bonds. The third-order valence-corrected chi connectivity index (χ3v) is 1.75. The molecule has 0 fully saturated rings. The molecular weight excluding hydrogens is 152 g/mol. The summed E-state index contributed by atoms with van der Waals surface area (Å²) in [5.74, 6) is 0.234. The number of nitrogens with one attached hydrogen (secondary N) is 1. The Kier molecular flexibility index (Phi) is 6.76. The third kappa shape index (κ3) is 5.13. The van der Waals surface area contributed by atoms with E-state index in [-0.39, 0.29) is 5.91 Å². The van der Waals surface area contributed by atoms with Gasteiger partial charge < -0.3 is 10.2 Å². The minimum Gasteiger partial charge on any atom is -0.346 e. The second kappa shape index (κ2) is 7.10. The lowest BCUT2D eigenvalue weighted by molar-refractivity contribution is -0.129. The molecule has 0 heterocycles. The number of nitrogens with zero attached hydrogens (tertiary/aromatic N) is 1. The summed E-state index contributed by atoms with van der Waals surface area (Å²) in [6, 6.07) is 0. The van der Waals surface area contributed by atoms with Crippen LogP contribution in [-0.2, 0) is 4.79 Å². The molecule has 1 N–H and O–H groups in total. The number of rotatable bonds is 6. The lowest BCUT2D eigenvalue weighted by Crippen LogP contribution is -2.30. The largest absolute Gasteiger partial charge is 0.346 e. The molecule has 12 heavy (non-hydrogen) atoms. The number of carbonyl (C=O) groups excluding carboxylic acids is 1. The van der Waals surface area contributed by atoms with Crippen molar-refractivity contribution in [2.45, 2.75) is 26.7 Å². The van der Waals surface area contributed by atoms with Gasteiger partial charge in [-0.15, -0.1) is 0 Å². The van der Waals surface area contributed by atoms with Gasteiger partial charge in [-0.3, -0.25) is 4.79 Å². The van der Waals surface area contributed by atoms with Gasteiger partial charge in [0.25, 0.3) is 0 Å². The van der Waals surface area contributed by atoms with Crippen LogP contribution in [0.5, 0.6) is 0 Å². The van der Waals surface area contributed by atoms with Crippen molar-refractivity contribution in [3.8, 4) is 0 Å². The lowest BCUT2D eigenvalue weighted by atomic mass is 10.3. The van der Waals surface area contributed by atoms with Crippen LogP contribution in [0.15, 0.2) is 0 Å². The highest BCUT2D eigenvalue weighted by atomic mass is 16.2. The first-order valence-corrected chi connectivity index (χ1v) is 4.67. The number of carbonyl (C=O) groups is 1. The van der Waals surface area contributed by atoms with Gasteiger partial charge in [-0.2, -0.15) is 0 Å². The molecule has 0 atom stereocenters. The van der Waals surface area contributed by atoms with Crippen molar-refractivity contribution in [1.29, 1.82) is 0 Å². The summed E-state index contributed by atoms with van der Waals surface area (Å²) in [7, 11) is 1.86. The van der Waals surface area contributed by atoms with Crippen LogP contribution in [0.1, 0.15) is 26.7 Å². The topological polar surface area (TPSA) is 32.3 Å². The van der Waals surface area contributed by atoms with Crippen molar-refractivity contribution in [2.24, 2.45) is 0 Å². The number of hydrogen-bond donors (Lipinski definition) is 1. The maximum Gasteiger partial charge on any atom is 0.223 e. The van der Waals surface area contributed by atoms with Gasteiger partial charge in [0.05, 0.1) is 0 Å². The maximum atomic E-state index is 11.3. The van der Waals surface area contributed by atoms with Gasteiger partial charge in [0.2, 0.25) is 5.91 Å². The zero-order chi connectivity index (χ0) is 9.40. The van der Waals surface area contributed by atoms with Crippen molar-refractivity contribution in [3.63, 3.8) is 0 Å². The first-order valence-electron chi connectivity index (χ1n) is 4.67. The SMILES string of the molecule is CCCN(C)C(=O)CCNCC. The quantitative estimate of drug-likeness (QED) is 0.603. The summed E-state index contributed by atoms with van der Waals surface area (Å²) in [5.41, 5.74) is 0. The third-order valence-electron chi connectivity index (χ3n) is 1.75. The lowest BCUT2D eigenvalue weighted by Gasteiger charge is -2.15. The van der Waals surface area contributed by atoms with Gasteiger partial charge >= 0.3 is 0 Å². The Balaban J connectivity index is 3.43. The molecule has 0 aliphatic heterocycles. The van der Waals surface area contributed by atoms with Crippen molar-refractivity contribution in [2.75, 3.05) is 26.7 Å². The van der Waals surface area contributed by atoms with Crippen LogP contribution >= 0.6 is 0 Å². The molecule has 3 heteroatoms. The van der Waals surface area contributed by atoms with Gasteiger partial charge in [-0.1, -0.05) is 13.8 Å². The van der Waals surface area contributed by atoms with Crippen LogP contribution in [0.25, 0.3) is 0 Å². The van der Waals surface area contributed by atoms with E-state index in [0.29, 0.717) is 6.42 Å². The van der Waals surface area contributed by atoms with E-state index >= 15 is 0 Å². The molecule has 0 unspecified atom stereocenters. The van der Waals surface area contributed by atoms with E-state index in [9.17, 15) is 4.79 Å². The predicted octanol–water partition coefficient (Wildman–Crippen LogP) is 0.854. The van der Waals surface area contributed by atoms with Gasteiger partial charge in [0.1, 0.15) is 0 Å². The summed E-state index contributed by atoms with van der Waals surface area (Å²) in [6.45, 7) is 6.72. The van der Waals surface area contributed by atoms with Crippen molar-refractivity contribution in [1.82, 2.24) is 10.2 Å². The molecule has 0 aromatic heterocycles. The molecule has 0 spiro atoms. The smallest absolute Gasteiger partial charge is 0.223 e. The molecular formula is C9H20N2O. The highest BCUT2D eigenvalue weighted by Gasteiger charge is 2.05. The highest BCUT2D eigenvalue weighted by molar-refractivity contribution is 5.75. The Hall–Kier alpha value is -0.570. The van der Waals surface area contributed by atoms with Gasteiger partial charge in [0, 0.05) is 26.6 Å². The number of amides is 1. The molecule has 0 radical (unpaired) electrons. The predicted molar refractivity (Wildman–Crippen MR) is 51.1 cm³/mol. The fraction of sp³-hybridized carbons (Fsp3) is 0.889. The van der Waals surface area contributed by atoms with Crippen LogP contribution in [0, 0.1) is 0 Å². The van der Waals surface area contributed by atoms with Crippen molar-refractivity contribution in [3.05, 3.63) is 0 Å². The van der Waals surface area contributed by atoms with Gasteiger partial charge in [-0.25, -0.2) is 0 Å². The van der Waals surface area contributed by atoms with Crippen LogP contribution in [0.3, 0.4) is 0 Å². The van der Waals surface area contributed by atoms with E-state index in [2.05, 4.69) is 12.2 Å². The molecule has 0 saturated carbocycles. The highest BCUT2D eigenvalue weighted by Crippen LogP contribution is 1.91. The Bertz CT molecular complexity index is 126. The fourth-order valence-corrected chi connectivity index (χ4v) is 1.02. The van der Waals surface area contributed by atoms with E-state index in [1.54, 1.807) is 4.90 Å². The van der Waals surface area contributed by atoms with E-state index in [4.69, 9.17) is 0 Å². The monoisotopic (exact) mass is 172 g/mol. The summed E-state index contributed by atoms with van der Waals surface area (Å²) in [4.78, 5) is 13.1. The summed E-state index contributed by atoms with van der Waals surface area (Å²) in [6.07, 6.45) is 1.65. The zero-order valence-corrected chi connectivity index (χ0v) is 8.39. The van der Waals surface area contributed by atoms with E-state index in [1.165, 1.54) is 0 Å². The standard InChI is InChI=1S/C9H20N2O/c1-4-8-11(3)9(12)6-7-10-5-2/h10H,4-8H2,1-3H3. The van der Waals surface area contributed by atoms with Crippen molar-refractivity contribution < 1.29 is 4.79 Å². The van der Waals surface area contributed by atoms with E-state index in [0.717, 1.165) is 26.1 Å². The molecule has 72 valence electrons. The number of hydrogen-bond acceptors (Lipinski definition) is 2. The van der Waals surface area contributed by atoms with Crippen LogP contribution in [0.4, 0.5) is 0 Å². The molecule has 0 aliphatic carbocycles. The minimum atomic E-state index is 0.234. The molecule has 0 aromatic carbocycles. The van der Waals surface area contributed by atoms with Gasteiger partial charge in [0.15, 0.2) is 0 Å².